The van der Waals surface area contributed by atoms with Crippen molar-refractivity contribution in [1.29, 1.82) is 0 Å². The van der Waals surface area contributed by atoms with Gasteiger partial charge in [0.2, 0.25) is 0 Å². The van der Waals surface area contributed by atoms with Gasteiger partial charge in [-0.2, -0.15) is 0 Å². The Bertz CT molecular complexity index is 1100. The van der Waals surface area contributed by atoms with E-state index in [1.54, 1.807) is 24.6 Å². The maximum atomic E-state index is 13.0. The Labute approximate surface area is 172 Å². The lowest BCUT2D eigenvalue weighted by atomic mass is 10.0. The number of nitrogens with zero attached hydrogens (tertiary/aromatic N) is 3. The predicted octanol–water partition coefficient (Wildman–Crippen LogP) is 3.22. The van der Waals surface area contributed by atoms with Gasteiger partial charge < -0.3 is 14.6 Å². The van der Waals surface area contributed by atoms with Crippen LogP contribution in [0, 0.1) is 0 Å². The summed E-state index contributed by atoms with van der Waals surface area (Å²) in [7, 11) is 0. The molecule has 2 aliphatic heterocycles. The summed E-state index contributed by atoms with van der Waals surface area (Å²) in [5.41, 5.74) is 1.68. The number of rotatable bonds is 4. The maximum Gasteiger partial charge on any atom is 0.325 e. The van der Waals surface area contributed by atoms with Gasteiger partial charge in [-0.1, -0.05) is 29.8 Å². The molecule has 0 bridgehead atoms. The summed E-state index contributed by atoms with van der Waals surface area (Å²) in [6.45, 7) is 1.22. The van der Waals surface area contributed by atoms with Crippen molar-refractivity contribution in [1.82, 2.24) is 15.2 Å². The van der Waals surface area contributed by atoms with Crippen LogP contribution in [-0.4, -0.2) is 47.0 Å². The molecule has 2 fully saturated rings. The van der Waals surface area contributed by atoms with E-state index in [-0.39, 0.29) is 18.0 Å². The van der Waals surface area contributed by atoms with Crippen LogP contribution in [0.2, 0.25) is 5.02 Å². The lowest BCUT2D eigenvalue weighted by Gasteiger charge is -2.22. The fourth-order valence-electron chi connectivity index (χ4n) is 4.20. The zero-order valence-electron chi connectivity index (χ0n) is 15.5. The van der Waals surface area contributed by atoms with Gasteiger partial charge in [0, 0.05) is 36.7 Å². The Balaban J connectivity index is 1.32. The highest BCUT2D eigenvalue weighted by Crippen LogP contribution is 2.29. The van der Waals surface area contributed by atoms with Crippen molar-refractivity contribution < 1.29 is 14.0 Å². The summed E-state index contributed by atoms with van der Waals surface area (Å²) in [4.78, 5) is 33.3. The Kier molecular flexibility index (Phi) is 4.39. The van der Waals surface area contributed by atoms with Crippen molar-refractivity contribution in [2.24, 2.45) is 0 Å². The van der Waals surface area contributed by atoms with Crippen LogP contribution in [0.3, 0.4) is 0 Å². The number of fused-ring (bicyclic) bond motifs is 1. The van der Waals surface area contributed by atoms with Crippen molar-refractivity contribution in [3.63, 3.8) is 0 Å². The van der Waals surface area contributed by atoms with E-state index in [0.29, 0.717) is 36.8 Å². The zero-order chi connectivity index (χ0) is 20.0. The van der Waals surface area contributed by atoms with Crippen LogP contribution in [-0.2, 0) is 11.2 Å². The molecule has 29 heavy (non-hydrogen) atoms. The minimum atomic E-state index is -0.587. The van der Waals surface area contributed by atoms with Crippen molar-refractivity contribution >= 4 is 40.3 Å². The smallest absolute Gasteiger partial charge is 0.325 e. The first-order valence-corrected chi connectivity index (χ1v) is 9.94. The lowest BCUT2D eigenvalue weighted by Crippen LogP contribution is -2.42. The van der Waals surface area contributed by atoms with E-state index in [2.05, 4.69) is 10.3 Å². The molecule has 7 nitrogen and oxygen atoms in total. The van der Waals surface area contributed by atoms with Crippen LogP contribution >= 0.6 is 11.6 Å². The summed E-state index contributed by atoms with van der Waals surface area (Å²) in [5, 5.41) is 4.36. The number of pyridine rings is 1. The molecule has 0 aliphatic carbocycles. The first kappa shape index (κ1) is 18.0. The summed E-state index contributed by atoms with van der Waals surface area (Å²) < 4.78 is 5.56. The number of aromatic nitrogens is 1. The number of benzene rings is 1. The van der Waals surface area contributed by atoms with Gasteiger partial charge in [0.1, 0.15) is 17.4 Å². The number of carbonyl (C=O) groups is 2. The molecular weight excluding hydrogens is 392 g/mol. The van der Waals surface area contributed by atoms with Gasteiger partial charge in [0.15, 0.2) is 0 Å². The molecule has 0 spiro atoms. The second kappa shape index (κ2) is 7.08. The van der Waals surface area contributed by atoms with Crippen molar-refractivity contribution in [3.8, 4) is 0 Å². The van der Waals surface area contributed by atoms with Crippen LogP contribution in [0.1, 0.15) is 12.0 Å². The molecule has 4 heterocycles. The first-order chi connectivity index (χ1) is 14.1. The average Bonchev–Trinajstić information content (AvgIpc) is 3.42. The molecule has 2 aliphatic rings. The maximum absolute atomic E-state index is 13.0. The van der Waals surface area contributed by atoms with Crippen molar-refractivity contribution in [3.05, 3.63) is 59.4 Å². The van der Waals surface area contributed by atoms with E-state index in [1.807, 2.05) is 29.2 Å². The number of furan rings is 1. The van der Waals surface area contributed by atoms with Gasteiger partial charge in [-0.15, -0.1) is 0 Å². The molecule has 1 aromatic carbocycles. The quantitative estimate of drug-likeness (QED) is 0.668. The van der Waals surface area contributed by atoms with Crippen LogP contribution in [0.25, 0.3) is 11.0 Å². The minimum Gasteiger partial charge on any atom is -0.464 e. The number of hydrogen-bond acceptors (Lipinski definition) is 5. The molecule has 1 N–H and O–H groups in total. The summed E-state index contributed by atoms with van der Waals surface area (Å²) in [5.74, 6) is 0.490. The predicted molar refractivity (Wildman–Crippen MR) is 109 cm³/mol. The van der Waals surface area contributed by atoms with Gasteiger partial charge >= 0.3 is 6.03 Å². The van der Waals surface area contributed by atoms with E-state index in [0.717, 1.165) is 16.5 Å². The Morgan fingerprint density at radius 3 is 2.93 bits per heavy atom. The van der Waals surface area contributed by atoms with Gasteiger partial charge in [0.25, 0.3) is 5.91 Å². The molecule has 3 aromatic rings. The third-order valence-corrected chi connectivity index (χ3v) is 5.90. The number of para-hydroxylation sites is 1. The van der Waals surface area contributed by atoms with E-state index in [9.17, 15) is 9.59 Å². The van der Waals surface area contributed by atoms with E-state index < -0.39 is 6.04 Å². The standard InChI is InChI=1S/C21H19ClN4O3/c22-16-5-3-8-23-19(16)25-9-7-14(11-25)26-20(27)17(24-21(26)28)10-13-12-29-18-6-2-1-4-15(13)18/h1-6,8,12,14,17H,7,9-11H2,(H,24,28). The summed E-state index contributed by atoms with van der Waals surface area (Å²) in [6.07, 6.45) is 4.44. The largest absolute Gasteiger partial charge is 0.464 e. The second-order valence-corrected chi connectivity index (χ2v) is 7.78. The van der Waals surface area contributed by atoms with E-state index in [4.69, 9.17) is 16.0 Å². The van der Waals surface area contributed by atoms with Crippen LogP contribution < -0.4 is 10.2 Å². The number of urea groups is 1. The van der Waals surface area contributed by atoms with E-state index in [1.165, 1.54) is 4.90 Å². The van der Waals surface area contributed by atoms with Crippen LogP contribution in [0.15, 0.2) is 53.3 Å². The second-order valence-electron chi connectivity index (χ2n) is 7.37. The number of anilines is 1. The highest BCUT2D eigenvalue weighted by Gasteiger charge is 2.44. The minimum absolute atomic E-state index is 0.195. The molecule has 2 unspecified atom stereocenters. The SMILES string of the molecule is O=C1NC(Cc2coc3ccccc23)C(=O)N1C1CCN(c2ncccc2Cl)C1. The van der Waals surface area contributed by atoms with Crippen molar-refractivity contribution in [2.45, 2.75) is 24.9 Å². The molecule has 148 valence electrons. The normalized spacial score (nSPS) is 22.0. The number of hydrogen-bond donors (Lipinski definition) is 1. The average molecular weight is 411 g/mol. The number of halogens is 1. The van der Waals surface area contributed by atoms with Crippen LogP contribution in [0.4, 0.5) is 10.6 Å². The molecule has 5 rings (SSSR count). The topological polar surface area (TPSA) is 78.7 Å². The van der Waals surface area contributed by atoms with E-state index >= 15 is 0 Å². The number of imide groups is 1. The summed E-state index contributed by atoms with van der Waals surface area (Å²) >= 11 is 6.25. The highest BCUT2D eigenvalue weighted by atomic mass is 35.5. The van der Waals surface area contributed by atoms with Crippen molar-refractivity contribution in [2.75, 3.05) is 18.0 Å². The number of carbonyl (C=O) groups excluding carboxylic acids is 2. The molecular formula is C21H19ClN4O3. The third kappa shape index (κ3) is 3.11. The molecule has 8 heteroatoms. The van der Waals surface area contributed by atoms with Gasteiger partial charge in [-0.3, -0.25) is 9.69 Å². The zero-order valence-corrected chi connectivity index (χ0v) is 16.3. The van der Waals surface area contributed by atoms with Gasteiger partial charge in [-0.25, -0.2) is 9.78 Å². The Morgan fingerprint density at radius 1 is 1.21 bits per heavy atom. The Morgan fingerprint density at radius 2 is 2.07 bits per heavy atom. The van der Waals surface area contributed by atoms with Crippen LogP contribution in [0.5, 0.6) is 0 Å². The number of amides is 3. The third-order valence-electron chi connectivity index (χ3n) is 5.60. The van der Waals surface area contributed by atoms with Gasteiger partial charge in [-0.05, 0) is 24.6 Å². The fourth-order valence-corrected chi connectivity index (χ4v) is 4.44. The number of nitrogens with one attached hydrogen (secondary N) is 1. The highest BCUT2D eigenvalue weighted by molar-refractivity contribution is 6.32. The molecule has 3 amide bonds. The molecule has 2 atom stereocenters. The monoisotopic (exact) mass is 410 g/mol. The first-order valence-electron chi connectivity index (χ1n) is 9.56. The lowest BCUT2D eigenvalue weighted by molar-refractivity contribution is -0.128. The molecule has 2 saturated heterocycles. The Hall–Kier alpha value is -3.06. The fraction of sp³-hybridized carbons (Fsp3) is 0.286. The molecule has 0 saturated carbocycles. The summed E-state index contributed by atoms with van der Waals surface area (Å²) in [6, 6.07) is 10.1. The molecule has 0 radical (unpaired) electrons. The molecule has 2 aromatic heterocycles. The van der Waals surface area contributed by atoms with Gasteiger partial charge in [0.05, 0.1) is 17.3 Å².